The molecule has 1 aliphatic heterocycles. The third-order valence-electron chi connectivity index (χ3n) is 7.99. The molecule has 1 saturated heterocycles. The average molecular weight is 626 g/mol. The highest BCUT2D eigenvalue weighted by Crippen LogP contribution is 2.30. The zero-order chi connectivity index (χ0) is 33.2. The molecule has 1 unspecified atom stereocenters. The average Bonchev–Trinajstić information content (AvgIpc) is 3.72. The summed E-state index contributed by atoms with van der Waals surface area (Å²) < 4.78 is 4.92. The van der Waals surface area contributed by atoms with Gasteiger partial charge in [-0.3, -0.25) is 19.2 Å². The van der Waals surface area contributed by atoms with E-state index in [4.69, 9.17) is 4.74 Å². The fourth-order valence-electron chi connectivity index (χ4n) is 5.20. The van der Waals surface area contributed by atoms with E-state index in [-0.39, 0.29) is 42.3 Å². The van der Waals surface area contributed by atoms with E-state index < -0.39 is 6.04 Å². The normalized spacial score (nSPS) is 18.0. The summed E-state index contributed by atoms with van der Waals surface area (Å²) in [5.41, 5.74) is -0.172. The highest BCUT2D eigenvalue weighted by Gasteiger charge is 2.35. The van der Waals surface area contributed by atoms with E-state index in [0.717, 1.165) is 51.5 Å². The van der Waals surface area contributed by atoms with Crippen LogP contribution < -0.4 is 21.3 Å². The second-order valence-corrected chi connectivity index (χ2v) is 11.6. The summed E-state index contributed by atoms with van der Waals surface area (Å²) in [6.45, 7) is 11.0. The lowest BCUT2D eigenvalue weighted by Crippen LogP contribution is -2.55. The molecular weight excluding hydrogens is 562 g/mol. The number of nitrogens with zero attached hydrogens (tertiary/aromatic N) is 1. The van der Waals surface area contributed by atoms with Crippen LogP contribution in [0.3, 0.4) is 0 Å². The van der Waals surface area contributed by atoms with Crippen LogP contribution in [-0.2, 0) is 23.9 Å². The molecule has 0 aromatic carbocycles. The molecule has 1 atom stereocenters. The number of hydrogen-bond acceptors (Lipinski definition) is 6. The van der Waals surface area contributed by atoms with Gasteiger partial charge in [-0.25, -0.2) is 4.79 Å². The maximum absolute atomic E-state index is 12.5. The molecule has 2 saturated carbocycles. The minimum atomic E-state index is -0.568. The number of unbranched alkanes of at least 4 members (excludes halogenated alkanes) is 4. The number of ether oxygens (including phenoxy) is 1. The van der Waals surface area contributed by atoms with E-state index in [1.807, 2.05) is 13.8 Å². The van der Waals surface area contributed by atoms with Crippen molar-refractivity contribution in [3.63, 3.8) is 0 Å². The topological polar surface area (TPSA) is 146 Å². The number of amides is 5. The second kappa shape index (κ2) is 25.6. The van der Waals surface area contributed by atoms with Crippen LogP contribution in [0.1, 0.15) is 131 Å². The highest BCUT2D eigenvalue weighted by atomic mass is 16.5. The zero-order valence-electron chi connectivity index (χ0n) is 28.6. The number of rotatable bonds is 15. The number of likely N-dealkylation sites (tertiary alicyclic amines) is 1. The van der Waals surface area contributed by atoms with Crippen LogP contribution in [0.5, 0.6) is 0 Å². The Bertz CT molecular complexity index is 808. The summed E-state index contributed by atoms with van der Waals surface area (Å²) in [7, 11) is 1.76. The molecule has 2 aliphatic carbocycles. The van der Waals surface area contributed by atoms with Crippen molar-refractivity contribution in [2.45, 2.75) is 149 Å². The van der Waals surface area contributed by atoms with Gasteiger partial charge in [-0.15, -0.1) is 0 Å². The van der Waals surface area contributed by atoms with Gasteiger partial charge >= 0.3 is 6.03 Å². The van der Waals surface area contributed by atoms with Crippen LogP contribution >= 0.6 is 0 Å². The van der Waals surface area contributed by atoms with Crippen LogP contribution in [0.2, 0.25) is 0 Å². The van der Waals surface area contributed by atoms with Gasteiger partial charge in [-0.2, -0.15) is 0 Å². The molecule has 0 aromatic rings. The van der Waals surface area contributed by atoms with Crippen LogP contribution in [-0.4, -0.2) is 85.9 Å². The summed E-state index contributed by atoms with van der Waals surface area (Å²) in [6, 6.07) is -0.367. The number of urea groups is 1. The Hall–Kier alpha value is -2.69. The number of Topliss-reactive ketones (excluding diaryl/α,β-unsaturated/α-hetero) is 1. The lowest BCUT2D eigenvalue weighted by molar-refractivity contribution is -0.137. The van der Waals surface area contributed by atoms with Gasteiger partial charge in [0.2, 0.25) is 18.2 Å². The van der Waals surface area contributed by atoms with Crippen molar-refractivity contribution >= 4 is 30.0 Å². The Morgan fingerprint density at radius 3 is 2.07 bits per heavy atom. The Morgan fingerprint density at radius 1 is 0.886 bits per heavy atom. The Morgan fingerprint density at radius 2 is 1.55 bits per heavy atom. The molecule has 0 radical (unpaired) electrons. The number of carbonyl (C=O) groups is 5. The van der Waals surface area contributed by atoms with Crippen molar-refractivity contribution in [1.29, 1.82) is 0 Å². The predicted octanol–water partition coefficient (Wildman–Crippen LogP) is 4.62. The first-order chi connectivity index (χ1) is 21.2. The van der Waals surface area contributed by atoms with Crippen molar-refractivity contribution in [3.05, 3.63) is 0 Å². The number of carbonyl (C=O) groups excluding carboxylic acids is 5. The molecule has 1 heterocycles. The van der Waals surface area contributed by atoms with Gasteiger partial charge in [0, 0.05) is 31.8 Å². The quantitative estimate of drug-likeness (QED) is 0.154. The summed E-state index contributed by atoms with van der Waals surface area (Å²) >= 11 is 0. The van der Waals surface area contributed by atoms with Crippen molar-refractivity contribution in [2.24, 2.45) is 0 Å². The van der Waals surface area contributed by atoms with E-state index in [1.165, 1.54) is 63.2 Å². The second-order valence-electron chi connectivity index (χ2n) is 11.6. The molecule has 3 aliphatic rings. The maximum atomic E-state index is 12.5. The Balaban J connectivity index is 0.000000885. The SMILES string of the molecule is CC.CCC1(NC(=O)NCC(=O)N2CCCC2C(=O)NCC(C)=O)CCCCC1.CCCCCCCOC.O=CNC1CC1. The number of methoxy groups -OCH3 is 1. The van der Waals surface area contributed by atoms with Crippen molar-refractivity contribution in [3.8, 4) is 0 Å². The number of ketones is 1. The molecular formula is C33H63N5O6. The summed E-state index contributed by atoms with van der Waals surface area (Å²) in [6.07, 6.45) is 17.3. The summed E-state index contributed by atoms with van der Waals surface area (Å²) in [5, 5.41) is 10.9. The lowest BCUT2D eigenvalue weighted by Gasteiger charge is -2.37. The fourth-order valence-corrected chi connectivity index (χ4v) is 5.20. The van der Waals surface area contributed by atoms with Gasteiger partial charge in [0.25, 0.3) is 0 Å². The number of nitrogens with one attached hydrogen (secondary N) is 4. The molecule has 5 amide bonds. The highest BCUT2D eigenvalue weighted by molar-refractivity contribution is 5.92. The van der Waals surface area contributed by atoms with Gasteiger partial charge < -0.3 is 30.9 Å². The zero-order valence-corrected chi connectivity index (χ0v) is 28.6. The Labute approximate surface area is 266 Å². The molecule has 0 aromatic heterocycles. The fraction of sp³-hybridized carbons (Fsp3) is 0.848. The van der Waals surface area contributed by atoms with Crippen molar-refractivity contribution in [1.82, 2.24) is 26.2 Å². The van der Waals surface area contributed by atoms with Crippen LogP contribution in [0, 0.1) is 0 Å². The molecule has 11 heteroatoms. The van der Waals surface area contributed by atoms with E-state index in [1.54, 1.807) is 7.11 Å². The first-order valence-electron chi connectivity index (χ1n) is 17.0. The van der Waals surface area contributed by atoms with E-state index >= 15 is 0 Å². The largest absolute Gasteiger partial charge is 0.385 e. The minimum absolute atomic E-state index is 0.0306. The van der Waals surface area contributed by atoms with Crippen LogP contribution in [0.4, 0.5) is 4.79 Å². The Kier molecular flexibility index (Phi) is 24.1. The number of hydrogen-bond donors (Lipinski definition) is 4. The smallest absolute Gasteiger partial charge is 0.315 e. The minimum Gasteiger partial charge on any atom is -0.385 e. The van der Waals surface area contributed by atoms with Crippen LogP contribution in [0.25, 0.3) is 0 Å². The third-order valence-corrected chi connectivity index (χ3v) is 7.99. The first kappa shape index (κ1) is 41.3. The van der Waals surface area contributed by atoms with Crippen molar-refractivity contribution < 1.29 is 28.7 Å². The molecule has 44 heavy (non-hydrogen) atoms. The molecule has 3 rings (SSSR count). The predicted molar refractivity (Wildman–Crippen MR) is 175 cm³/mol. The molecule has 0 spiro atoms. The molecule has 256 valence electrons. The monoisotopic (exact) mass is 625 g/mol. The van der Waals surface area contributed by atoms with Gasteiger partial charge in [0.1, 0.15) is 11.8 Å². The van der Waals surface area contributed by atoms with E-state index in [0.29, 0.717) is 19.0 Å². The van der Waals surface area contributed by atoms with Gasteiger partial charge in [0.15, 0.2) is 0 Å². The van der Waals surface area contributed by atoms with E-state index in [2.05, 4.69) is 35.1 Å². The summed E-state index contributed by atoms with van der Waals surface area (Å²) in [5.74, 6) is -0.724. The third kappa shape index (κ3) is 18.9. The standard InChI is InChI=1S/C19H32N4O4.C8H18O.C4H7NO.C2H6/c1-3-19(9-5-4-6-10-19)22-18(27)21-13-16(25)23-11-7-8-15(23)17(26)20-12-14(2)24;1-3-4-5-6-7-8-9-2;6-3-5-4-1-2-4;1-2/h15H,3-13H2,1-2H3,(H,20,26)(H2,21,22,27);3-8H2,1-2H3;3-4H,1-2H2,(H,5,6);1-2H3. The van der Waals surface area contributed by atoms with Gasteiger partial charge in [-0.1, -0.05) is 72.6 Å². The molecule has 3 fully saturated rings. The van der Waals surface area contributed by atoms with Gasteiger partial charge in [-0.05, 0) is 58.3 Å². The van der Waals surface area contributed by atoms with Crippen molar-refractivity contribution in [2.75, 3.05) is 33.4 Å². The lowest BCUT2D eigenvalue weighted by atomic mass is 9.80. The molecule has 4 N–H and O–H groups in total. The van der Waals surface area contributed by atoms with Gasteiger partial charge in [0.05, 0.1) is 13.1 Å². The van der Waals surface area contributed by atoms with Crippen LogP contribution in [0.15, 0.2) is 0 Å². The molecule has 11 nitrogen and oxygen atoms in total. The first-order valence-corrected chi connectivity index (χ1v) is 17.0. The summed E-state index contributed by atoms with van der Waals surface area (Å²) in [4.78, 5) is 59.0. The maximum Gasteiger partial charge on any atom is 0.315 e. The molecule has 0 bridgehead atoms. The van der Waals surface area contributed by atoms with E-state index in [9.17, 15) is 24.0 Å².